The van der Waals surface area contributed by atoms with Crippen molar-refractivity contribution in [1.82, 2.24) is 14.8 Å². The quantitative estimate of drug-likeness (QED) is 0.579. The standard InChI is InChI=1S/C26H30N4O2/c31-25-12-10-21-6-3-8-24(26(21)28-25)32-18-4-13-29-14-16-30(17-15-29)19-22-11-9-20-5-1-2-7-23(20)27-22/h1-3,5-9,11H,4,10,12-19H2,(H,28,31). The normalized spacial score (nSPS) is 17.2. The maximum atomic E-state index is 11.7. The Morgan fingerprint density at radius 2 is 1.75 bits per heavy atom. The van der Waals surface area contributed by atoms with Crippen LogP contribution in [0.4, 0.5) is 5.69 Å². The van der Waals surface area contributed by atoms with Gasteiger partial charge in [0.1, 0.15) is 5.75 Å². The van der Waals surface area contributed by atoms with Crippen LogP contribution >= 0.6 is 0 Å². The molecule has 2 aliphatic rings. The van der Waals surface area contributed by atoms with E-state index in [1.165, 1.54) is 10.9 Å². The summed E-state index contributed by atoms with van der Waals surface area (Å²) in [5.74, 6) is 0.869. The number of carbonyl (C=O) groups excluding carboxylic acids is 1. The number of amides is 1. The molecule has 0 spiro atoms. The SMILES string of the molecule is O=C1CCc2cccc(OCCCN3CCN(Cc4ccc5ccccc5n4)CC3)c2N1. The topological polar surface area (TPSA) is 57.7 Å². The summed E-state index contributed by atoms with van der Waals surface area (Å²) >= 11 is 0. The second-order valence-electron chi connectivity index (χ2n) is 8.65. The second-order valence-corrected chi connectivity index (χ2v) is 8.65. The number of hydrogen-bond acceptors (Lipinski definition) is 5. The van der Waals surface area contributed by atoms with Crippen LogP contribution in [0.2, 0.25) is 0 Å². The molecule has 0 saturated carbocycles. The molecule has 0 bridgehead atoms. The third kappa shape index (κ3) is 4.92. The van der Waals surface area contributed by atoms with Gasteiger partial charge in [0.05, 0.1) is 23.5 Å². The molecule has 6 heteroatoms. The number of ether oxygens (including phenoxy) is 1. The molecule has 0 atom stereocenters. The molecular formula is C26H30N4O2. The van der Waals surface area contributed by atoms with Crippen LogP contribution in [0.5, 0.6) is 5.75 Å². The average Bonchev–Trinajstić information content (AvgIpc) is 2.83. The van der Waals surface area contributed by atoms with E-state index >= 15 is 0 Å². The minimum Gasteiger partial charge on any atom is -0.491 e. The molecule has 0 aliphatic carbocycles. The highest BCUT2D eigenvalue weighted by Crippen LogP contribution is 2.32. The molecule has 1 aromatic heterocycles. The summed E-state index contributed by atoms with van der Waals surface area (Å²) in [6.45, 7) is 6.87. The van der Waals surface area contributed by atoms with Crippen molar-refractivity contribution in [2.45, 2.75) is 25.8 Å². The molecule has 1 saturated heterocycles. The number of aryl methyl sites for hydroxylation is 1. The van der Waals surface area contributed by atoms with Gasteiger partial charge < -0.3 is 15.0 Å². The number of rotatable bonds is 7. The van der Waals surface area contributed by atoms with Crippen molar-refractivity contribution >= 4 is 22.5 Å². The summed E-state index contributed by atoms with van der Waals surface area (Å²) in [5, 5.41) is 4.16. The van der Waals surface area contributed by atoms with Crippen LogP contribution in [0.15, 0.2) is 54.6 Å². The highest BCUT2D eigenvalue weighted by atomic mass is 16.5. The highest BCUT2D eigenvalue weighted by molar-refractivity contribution is 5.95. The lowest BCUT2D eigenvalue weighted by molar-refractivity contribution is -0.116. The van der Waals surface area contributed by atoms with Gasteiger partial charge >= 0.3 is 0 Å². The number of pyridine rings is 1. The molecule has 2 aliphatic heterocycles. The summed E-state index contributed by atoms with van der Waals surface area (Å²) in [6, 6.07) is 18.6. The average molecular weight is 431 g/mol. The fourth-order valence-electron chi connectivity index (χ4n) is 4.56. The maximum Gasteiger partial charge on any atom is 0.224 e. The summed E-state index contributed by atoms with van der Waals surface area (Å²) in [4.78, 5) is 21.5. The van der Waals surface area contributed by atoms with E-state index in [-0.39, 0.29) is 5.91 Å². The molecule has 2 aromatic carbocycles. The highest BCUT2D eigenvalue weighted by Gasteiger charge is 2.19. The Kier molecular flexibility index (Phi) is 6.32. The maximum absolute atomic E-state index is 11.7. The molecule has 1 amide bonds. The van der Waals surface area contributed by atoms with Gasteiger partial charge in [-0.1, -0.05) is 36.4 Å². The number of hydrogen-bond donors (Lipinski definition) is 1. The molecule has 3 heterocycles. The van der Waals surface area contributed by atoms with Crippen molar-refractivity contribution in [3.05, 3.63) is 65.9 Å². The van der Waals surface area contributed by atoms with E-state index in [0.29, 0.717) is 13.0 Å². The second kappa shape index (κ2) is 9.67. The lowest BCUT2D eigenvalue weighted by Crippen LogP contribution is -2.46. The smallest absolute Gasteiger partial charge is 0.224 e. The molecule has 1 fully saturated rings. The minimum absolute atomic E-state index is 0.0744. The third-order valence-electron chi connectivity index (χ3n) is 6.38. The molecule has 3 aromatic rings. The van der Waals surface area contributed by atoms with Crippen LogP contribution in [0.1, 0.15) is 24.1 Å². The Bertz CT molecular complexity index is 1090. The van der Waals surface area contributed by atoms with Crippen LogP contribution in [-0.2, 0) is 17.8 Å². The van der Waals surface area contributed by atoms with Crippen molar-refractivity contribution < 1.29 is 9.53 Å². The van der Waals surface area contributed by atoms with Gasteiger partial charge in [0.25, 0.3) is 0 Å². The molecule has 1 N–H and O–H groups in total. The first kappa shape index (κ1) is 20.9. The predicted octanol–water partition coefficient (Wildman–Crippen LogP) is 3.71. The monoisotopic (exact) mass is 430 g/mol. The Labute approximate surface area is 189 Å². The van der Waals surface area contributed by atoms with Gasteiger partial charge in [-0.2, -0.15) is 0 Å². The van der Waals surface area contributed by atoms with Crippen LogP contribution in [-0.4, -0.2) is 60.0 Å². The van der Waals surface area contributed by atoms with Crippen molar-refractivity contribution in [1.29, 1.82) is 0 Å². The van der Waals surface area contributed by atoms with Crippen molar-refractivity contribution in [2.75, 3.05) is 44.6 Å². The van der Waals surface area contributed by atoms with Crippen LogP contribution in [0, 0.1) is 0 Å². The minimum atomic E-state index is 0.0744. The van der Waals surface area contributed by atoms with Crippen molar-refractivity contribution in [3.63, 3.8) is 0 Å². The molecule has 0 radical (unpaired) electrons. The first-order valence-corrected chi connectivity index (χ1v) is 11.6. The molecule has 6 nitrogen and oxygen atoms in total. The molecule has 5 rings (SSSR count). The van der Waals surface area contributed by atoms with E-state index in [9.17, 15) is 4.79 Å². The van der Waals surface area contributed by atoms with Crippen LogP contribution < -0.4 is 10.1 Å². The summed E-state index contributed by atoms with van der Waals surface area (Å²) < 4.78 is 6.02. The number of benzene rings is 2. The van der Waals surface area contributed by atoms with Crippen molar-refractivity contribution in [3.8, 4) is 5.75 Å². The van der Waals surface area contributed by atoms with Gasteiger partial charge in [0.2, 0.25) is 5.91 Å². The Morgan fingerprint density at radius 1 is 0.906 bits per heavy atom. The van der Waals surface area contributed by atoms with Crippen LogP contribution in [0.3, 0.4) is 0 Å². The molecular weight excluding hydrogens is 400 g/mol. The van der Waals surface area contributed by atoms with Gasteiger partial charge in [-0.05, 0) is 36.6 Å². The fourth-order valence-corrected chi connectivity index (χ4v) is 4.56. The zero-order chi connectivity index (χ0) is 21.8. The van der Waals surface area contributed by atoms with Crippen molar-refractivity contribution in [2.24, 2.45) is 0 Å². The van der Waals surface area contributed by atoms with E-state index in [1.54, 1.807) is 0 Å². The summed E-state index contributed by atoms with van der Waals surface area (Å²) in [5.41, 5.74) is 4.24. The third-order valence-corrected chi connectivity index (χ3v) is 6.38. The number of fused-ring (bicyclic) bond motifs is 2. The van der Waals surface area contributed by atoms with Gasteiger partial charge in [-0.15, -0.1) is 0 Å². The lowest BCUT2D eigenvalue weighted by Gasteiger charge is -2.34. The predicted molar refractivity (Wildman–Crippen MR) is 127 cm³/mol. The number of carbonyl (C=O) groups is 1. The first-order chi connectivity index (χ1) is 15.7. The Hall–Kier alpha value is -2.96. The Morgan fingerprint density at radius 3 is 2.66 bits per heavy atom. The zero-order valence-electron chi connectivity index (χ0n) is 18.4. The first-order valence-electron chi connectivity index (χ1n) is 11.6. The van der Waals surface area contributed by atoms with Gasteiger partial charge in [0, 0.05) is 51.1 Å². The summed E-state index contributed by atoms with van der Waals surface area (Å²) in [6.07, 6.45) is 2.32. The zero-order valence-corrected chi connectivity index (χ0v) is 18.4. The largest absolute Gasteiger partial charge is 0.491 e. The Balaban J connectivity index is 1.05. The number of nitrogens with zero attached hydrogens (tertiary/aromatic N) is 3. The fraction of sp³-hybridized carbons (Fsp3) is 0.385. The summed E-state index contributed by atoms with van der Waals surface area (Å²) in [7, 11) is 0. The van der Waals surface area contributed by atoms with Crippen LogP contribution in [0.25, 0.3) is 10.9 Å². The van der Waals surface area contributed by atoms with E-state index in [4.69, 9.17) is 9.72 Å². The number of nitrogens with one attached hydrogen (secondary N) is 1. The van der Waals surface area contributed by atoms with Gasteiger partial charge in [-0.25, -0.2) is 0 Å². The van der Waals surface area contributed by atoms with E-state index in [1.807, 2.05) is 18.2 Å². The number of para-hydroxylation sites is 2. The molecule has 32 heavy (non-hydrogen) atoms. The van der Waals surface area contributed by atoms with Gasteiger partial charge in [0.15, 0.2) is 0 Å². The van der Waals surface area contributed by atoms with Gasteiger partial charge in [-0.3, -0.25) is 14.7 Å². The van der Waals surface area contributed by atoms with E-state index in [2.05, 4.69) is 51.5 Å². The van der Waals surface area contributed by atoms with E-state index in [0.717, 1.165) is 74.8 Å². The molecule has 166 valence electrons. The number of piperazine rings is 1. The van der Waals surface area contributed by atoms with E-state index < -0.39 is 0 Å². The number of anilines is 1. The molecule has 0 unspecified atom stereocenters. The number of aromatic nitrogens is 1. The lowest BCUT2D eigenvalue weighted by atomic mass is 10.0.